The van der Waals surface area contributed by atoms with Gasteiger partial charge in [0, 0.05) is 12.0 Å². The van der Waals surface area contributed by atoms with Crippen LogP contribution in [-0.2, 0) is 25.7 Å². The van der Waals surface area contributed by atoms with Crippen molar-refractivity contribution in [3.63, 3.8) is 0 Å². The number of alkyl carbamates (subject to hydrolysis) is 1. The molecule has 224 valence electrons. The minimum atomic E-state index is -0.678. The van der Waals surface area contributed by atoms with Gasteiger partial charge in [-0.3, -0.25) is 14.4 Å². The predicted octanol–water partition coefficient (Wildman–Crippen LogP) is 4.76. The van der Waals surface area contributed by atoms with E-state index in [-0.39, 0.29) is 43.0 Å². The monoisotopic (exact) mass is 565 g/mol. The summed E-state index contributed by atoms with van der Waals surface area (Å²) in [5.41, 5.74) is 1.34. The fourth-order valence-electron chi connectivity index (χ4n) is 9.50. The van der Waals surface area contributed by atoms with E-state index < -0.39 is 12.0 Å². The second-order valence-corrected chi connectivity index (χ2v) is 13.7. The molecule has 41 heavy (non-hydrogen) atoms. The van der Waals surface area contributed by atoms with Crippen LogP contribution in [0, 0.1) is 40.4 Å². The second-order valence-electron chi connectivity index (χ2n) is 13.7. The van der Waals surface area contributed by atoms with Gasteiger partial charge < -0.3 is 20.7 Å². The van der Waals surface area contributed by atoms with Crippen molar-refractivity contribution in [2.45, 2.75) is 91.2 Å². The van der Waals surface area contributed by atoms with Gasteiger partial charge in [0.25, 0.3) is 0 Å². The molecule has 8 atom stereocenters. The van der Waals surface area contributed by atoms with Crippen molar-refractivity contribution in [1.82, 2.24) is 16.0 Å². The van der Waals surface area contributed by atoms with Gasteiger partial charge in [-0.15, -0.1) is 0 Å². The molecule has 0 bridgehead atoms. The molecule has 4 fully saturated rings. The predicted molar refractivity (Wildman–Crippen MR) is 155 cm³/mol. The van der Waals surface area contributed by atoms with E-state index in [1.54, 1.807) is 6.92 Å². The van der Waals surface area contributed by atoms with Crippen molar-refractivity contribution in [3.8, 4) is 0 Å². The second kappa shape index (κ2) is 12.1. The average Bonchev–Trinajstić information content (AvgIpc) is 3.32. The van der Waals surface area contributed by atoms with Crippen LogP contribution in [0.2, 0.25) is 0 Å². The van der Waals surface area contributed by atoms with Gasteiger partial charge in [0.1, 0.15) is 18.9 Å². The molecule has 3 amide bonds. The number of ketones is 1. The third kappa shape index (κ3) is 6.17. The lowest BCUT2D eigenvalue weighted by Crippen LogP contribution is -2.56. The van der Waals surface area contributed by atoms with Crippen LogP contribution in [0.25, 0.3) is 0 Å². The molecular weight excluding hydrogens is 518 g/mol. The van der Waals surface area contributed by atoms with Gasteiger partial charge in [-0.1, -0.05) is 44.2 Å². The molecular formula is C33H47N3O5. The normalized spacial score (nSPS) is 35.7. The highest BCUT2D eigenvalue weighted by Gasteiger charge is 2.60. The summed E-state index contributed by atoms with van der Waals surface area (Å²) in [6.45, 7) is 6.47. The number of hydrogen-bond donors (Lipinski definition) is 3. The van der Waals surface area contributed by atoms with Crippen molar-refractivity contribution in [2.75, 3.05) is 13.1 Å². The van der Waals surface area contributed by atoms with Crippen LogP contribution in [0.15, 0.2) is 30.3 Å². The Hall–Kier alpha value is -2.90. The van der Waals surface area contributed by atoms with Gasteiger partial charge in [0.15, 0.2) is 0 Å². The number of hydrogen-bond acceptors (Lipinski definition) is 5. The van der Waals surface area contributed by atoms with Gasteiger partial charge >= 0.3 is 6.09 Å². The number of benzene rings is 1. The number of fused-ring (bicyclic) bond motifs is 5. The fraction of sp³-hybridized carbons (Fsp3) is 0.697. The Morgan fingerprint density at radius 3 is 2.29 bits per heavy atom. The Balaban J connectivity index is 1.04. The lowest BCUT2D eigenvalue weighted by atomic mass is 9.44. The van der Waals surface area contributed by atoms with Crippen LogP contribution in [0.5, 0.6) is 0 Å². The molecule has 5 rings (SSSR count). The van der Waals surface area contributed by atoms with E-state index in [1.165, 1.54) is 32.1 Å². The summed E-state index contributed by atoms with van der Waals surface area (Å²) in [6.07, 6.45) is 9.51. The van der Waals surface area contributed by atoms with Gasteiger partial charge in [-0.25, -0.2) is 4.79 Å². The minimum absolute atomic E-state index is 0.111. The summed E-state index contributed by atoms with van der Waals surface area (Å²) in [4.78, 5) is 49.1. The third-order valence-corrected chi connectivity index (χ3v) is 11.6. The Labute approximate surface area is 244 Å². The molecule has 0 aliphatic heterocycles. The van der Waals surface area contributed by atoms with Gasteiger partial charge in [-0.05, 0) is 105 Å². The number of nitrogens with one attached hydrogen (secondary N) is 3. The van der Waals surface area contributed by atoms with Crippen molar-refractivity contribution in [1.29, 1.82) is 0 Å². The van der Waals surface area contributed by atoms with Crippen LogP contribution in [0.4, 0.5) is 4.79 Å². The van der Waals surface area contributed by atoms with Crippen molar-refractivity contribution < 1.29 is 23.9 Å². The summed E-state index contributed by atoms with van der Waals surface area (Å²) >= 11 is 0. The lowest BCUT2D eigenvalue weighted by Gasteiger charge is -2.61. The summed E-state index contributed by atoms with van der Waals surface area (Å²) in [5.74, 6) is 2.72. The standard InChI is InChI=1S/C33H47N3O5/c1-21(37)26-11-12-27-25-10-9-23-17-24(13-15-32(23,2)28(25)14-16-33(26,27)3)36-30(39)19-34-29(38)18-35-31(40)41-20-22-7-5-4-6-8-22/h4-8,23-28H,9-20H2,1-3H3,(H,34,38)(H,35,40)(H,36,39)/t23?,24?,25-,26+,27-,28-,32-,33+/m0/s1. The van der Waals surface area contributed by atoms with E-state index in [0.717, 1.165) is 37.2 Å². The first-order valence-corrected chi connectivity index (χ1v) is 15.6. The number of rotatable bonds is 8. The number of carbonyl (C=O) groups excluding carboxylic acids is 4. The molecule has 2 unspecified atom stereocenters. The van der Waals surface area contributed by atoms with Crippen molar-refractivity contribution >= 4 is 23.7 Å². The molecule has 0 radical (unpaired) electrons. The molecule has 0 aromatic heterocycles. The minimum Gasteiger partial charge on any atom is -0.445 e. The average molecular weight is 566 g/mol. The number of ether oxygens (including phenoxy) is 1. The van der Waals surface area contributed by atoms with Crippen LogP contribution in [0.1, 0.15) is 84.1 Å². The molecule has 1 aromatic carbocycles. The molecule has 8 nitrogen and oxygen atoms in total. The van der Waals surface area contributed by atoms with E-state index >= 15 is 0 Å². The van der Waals surface area contributed by atoms with E-state index in [9.17, 15) is 19.2 Å². The fourth-order valence-corrected chi connectivity index (χ4v) is 9.50. The van der Waals surface area contributed by atoms with Crippen molar-refractivity contribution in [2.24, 2.45) is 40.4 Å². The highest BCUT2D eigenvalue weighted by atomic mass is 16.5. The molecule has 1 aromatic rings. The van der Waals surface area contributed by atoms with E-state index in [0.29, 0.717) is 29.0 Å². The molecule has 0 saturated heterocycles. The van der Waals surface area contributed by atoms with Gasteiger partial charge in [0.05, 0.1) is 6.54 Å². The molecule has 0 spiro atoms. The summed E-state index contributed by atoms with van der Waals surface area (Å²) in [7, 11) is 0. The maximum Gasteiger partial charge on any atom is 0.407 e. The summed E-state index contributed by atoms with van der Waals surface area (Å²) in [5, 5.41) is 8.17. The molecule has 3 N–H and O–H groups in total. The Bertz CT molecular complexity index is 1140. The van der Waals surface area contributed by atoms with Crippen LogP contribution in [-0.4, -0.2) is 42.8 Å². The van der Waals surface area contributed by atoms with E-state index in [2.05, 4.69) is 29.8 Å². The van der Waals surface area contributed by atoms with Crippen LogP contribution < -0.4 is 16.0 Å². The molecule has 4 aliphatic rings. The molecule has 4 aliphatic carbocycles. The first-order chi connectivity index (χ1) is 19.6. The SMILES string of the molecule is CC(=O)[C@H]1CC[C@H]2[C@@H]3CCC4CC(NC(=O)CNC(=O)CNC(=O)OCc5ccccc5)CC[C@]4(C)[C@H]3CC[C@]12C. The van der Waals surface area contributed by atoms with Gasteiger partial charge in [-0.2, -0.15) is 0 Å². The summed E-state index contributed by atoms with van der Waals surface area (Å²) in [6, 6.07) is 9.43. The zero-order valence-electron chi connectivity index (χ0n) is 24.9. The smallest absolute Gasteiger partial charge is 0.407 e. The zero-order chi connectivity index (χ0) is 29.2. The maximum atomic E-state index is 12.7. The maximum absolute atomic E-state index is 12.7. The summed E-state index contributed by atoms with van der Waals surface area (Å²) < 4.78 is 5.11. The number of amides is 3. The topological polar surface area (TPSA) is 114 Å². The lowest BCUT2D eigenvalue weighted by molar-refractivity contribution is -0.136. The number of carbonyl (C=O) groups is 4. The van der Waals surface area contributed by atoms with Crippen LogP contribution in [0.3, 0.4) is 0 Å². The Morgan fingerprint density at radius 1 is 0.829 bits per heavy atom. The first-order valence-electron chi connectivity index (χ1n) is 15.6. The Kier molecular flexibility index (Phi) is 8.76. The van der Waals surface area contributed by atoms with E-state index in [1.807, 2.05) is 30.3 Å². The highest BCUT2D eigenvalue weighted by molar-refractivity contribution is 5.87. The van der Waals surface area contributed by atoms with Crippen molar-refractivity contribution in [3.05, 3.63) is 35.9 Å². The van der Waals surface area contributed by atoms with Crippen LogP contribution >= 0.6 is 0 Å². The molecule has 8 heteroatoms. The number of Topliss-reactive ketones (excluding diaryl/α,β-unsaturated/α-hetero) is 1. The highest BCUT2D eigenvalue weighted by Crippen LogP contribution is 2.67. The van der Waals surface area contributed by atoms with Gasteiger partial charge in [0.2, 0.25) is 11.8 Å². The molecule has 4 saturated carbocycles. The third-order valence-electron chi connectivity index (χ3n) is 11.6. The first kappa shape index (κ1) is 29.6. The molecule has 0 heterocycles. The Morgan fingerprint density at radius 2 is 1.54 bits per heavy atom. The zero-order valence-corrected chi connectivity index (χ0v) is 24.9. The quantitative estimate of drug-likeness (QED) is 0.421. The largest absolute Gasteiger partial charge is 0.445 e. The van der Waals surface area contributed by atoms with E-state index in [4.69, 9.17) is 4.74 Å².